The first-order valence-corrected chi connectivity index (χ1v) is 8.56. The molecule has 0 aliphatic carbocycles. The Hall–Kier alpha value is -3.34. The molecule has 2 amide bonds. The number of anilines is 1. The third-order valence-electron chi connectivity index (χ3n) is 4.54. The molecular weight excluding hydrogens is 351 g/mol. The SMILES string of the molecule is C[C@@H](NC(=O)c1ccoc1)C(=O)N1CCN(c2cccc(F)c2C#N)CC1. The molecule has 3 rings (SSSR count). The highest BCUT2D eigenvalue weighted by molar-refractivity contribution is 5.97. The number of nitrogens with zero attached hydrogens (tertiary/aromatic N) is 3. The van der Waals surface area contributed by atoms with E-state index in [-0.39, 0.29) is 17.4 Å². The second-order valence-electron chi connectivity index (χ2n) is 6.27. The van der Waals surface area contributed by atoms with Crippen LogP contribution in [0.25, 0.3) is 0 Å². The number of amides is 2. The zero-order valence-electron chi connectivity index (χ0n) is 14.8. The van der Waals surface area contributed by atoms with Crippen molar-refractivity contribution in [3.8, 4) is 6.07 Å². The van der Waals surface area contributed by atoms with Gasteiger partial charge in [-0.2, -0.15) is 5.26 Å². The molecule has 0 unspecified atom stereocenters. The van der Waals surface area contributed by atoms with Gasteiger partial charge in [0.05, 0.1) is 17.5 Å². The normalized spacial score (nSPS) is 15.1. The number of hydrogen-bond donors (Lipinski definition) is 1. The van der Waals surface area contributed by atoms with E-state index in [4.69, 9.17) is 4.42 Å². The number of halogens is 1. The van der Waals surface area contributed by atoms with Crippen molar-refractivity contribution in [1.82, 2.24) is 10.2 Å². The molecule has 0 spiro atoms. The van der Waals surface area contributed by atoms with Gasteiger partial charge >= 0.3 is 0 Å². The minimum atomic E-state index is -0.678. The predicted octanol–water partition coefficient (Wildman–Crippen LogP) is 1.76. The summed E-state index contributed by atoms with van der Waals surface area (Å²) in [4.78, 5) is 28.2. The number of hydrogen-bond acceptors (Lipinski definition) is 5. The molecule has 8 heteroatoms. The van der Waals surface area contributed by atoms with Crippen LogP contribution in [0.2, 0.25) is 0 Å². The van der Waals surface area contributed by atoms with Crippen molar-refractivity contribution in [3.05, 3.63) is 53.7 Å². The molecule has 7 nitrogen and oxygen atoms in total. The highest BCUT2D eigenvalue weighted by atomic mass is 19.1. The molecule has 0 radical (unpaired) electrons. The van der Waals surface area contributed by atoms with Crippen molar-refractivity contribution in [2.75, 3.05) is 31.1 Å². The summed E-state index contributed by atoms with van der Waals surface area (Å²) in [6, 6.07) is 7.27. The quantitative estimate of drug-likeness (QED) is 0.886. The van der Waals surface area contributed by atoms with Crippen LogP contribution in [-0.4, -0.2) is 48.9 Å². The molecule has 0 bridgehead atoms. The molecule has 1 atom stereocenters. The first-order chi connectivity index (χ1) is 13.0. The maximum absolute atomic E-state index is 13.8. The van der Waals surface area contributed by atoms with Crippen LogP contribution in [0, 0.1) is 17.1 Å². The lowest BCUT2D eigenvalue weighted by atomic mass is 10.1. The number of nitriles is 1. The Labute approximate surface area is 156 Å². The van der Waals surface area contributed by atoms with Crippen LogP contribution in [0.4, 0.5) is 10.1 Å². The number of nitrogens with one attached hydrogen (secondary N) is 1. The first kappa shape index (κ1) is 18.5. The summed E-state index contributed by atoms with van der Waals surface area (Å²) in [6.45, 7) is 3.43. The largest absolute Gasteiger partial charge is 0.472 e. The minimum absolute atomic E-state index is 0.0121. The van der Waals surface area contributed by atoms with E-state index in [0.29, 0.717) is 37.4 Å². The highest BCUT2D eigenvalue weighted by Crippen LogP contribution is 2.23. The molecule has 1 aliphatic heterocycles. The zero-order chi connectivity index (χ0) is 19.4. The van der Waals surface area contributed by atoms with E-state index in [1.165, 1.54) is 24.7 Å². The van der Waals surface area contributed by atoms with E-state index in [9.17, 15) is 19.2 Å². The Morgan fingerprint density at radius 1 is 1.26 bits per heavy atom. The van der Waals surface area contributed by atoms with Gasteiger partial charge in [0.2, 0.25) is 5.91 Å². The van der Waals surface area contributed by atoms with Crippen LogP contribution in [0.5, 0.6) is 0 Å². The van der Waals surface area contributed by atoms with Gasteiger partial charge in [0.25, 0.3) is 5.91 Å². The average Bonchev–Trinajstić information content (AvgIpc) is 3.22. The predicted molar refractivity (Wildman–Crippen MR) is 95.5 cm³/mol. The molecule has 1 aromatic heterocycles. The van der Waals surface area contributed by atoms with Crippen molar-refractivity contribution < 1.29 is 18.4 Å². The number of carbonyl (C=O) groups is 2. The molecule has 0 saturated carbocycles. The summed E-state index contributed by atoms with van der Waals surface area (Å²) < 4.78 is 18.7. The fourth-order valence-corrected chi connectivity index (χ4v) is 3.06. The molecule has 1 fully saturated rings. The van der Waals surface area contributed by atoms with Gasteiger partial charge in [0.1, 0.15) is 29.8 Å². The summed E-state index contributed by atoms with van der Waals surface area (Å²) in [5, 5.41) is 11.8. The van der Waals surface area contributed by atoms with E-state index in [1.807, 2.05) is 11.0 Å². The van der Waals surface area contributed by atoms with E-state index in [0.717, 1.165) is 0 Å². The first-order valence-electron chi connectivity index (χ1n) is 8.56. The zero-order valence-corrected chi connectivity index (χ0v) is 14.8. The number of rotatable bonds is 4. The van der Waals surface area contributed by atoms with Crippen molar-refractivity contribution in [2.45, 2.75) is 13.0 Å². The van der Waals surface area contributed by atoms with Crippen LogP contribution >= 0.6 is 0 Å². The number of furan rings is 1. The van der Waals surface area contributed by atoms with Crippen molar-refractivity contribution in [2.24, 2.45) is 0 Å². The van der Waals surface area contributed by atoms with Gasteiger partial charge in [-0.3, -0.25) is 9.59 Å². The van der Waals surface area contributed by atoms with Crippen molar-refractivity contribution in [1.29, 1.82) is 5.26 Å². The fraction of sp³-hybridized carbons (Fsp3) is 0.316. The van der Waals surface area contributed by atoms with Gasteiger partial charge in [0.15, 0.2) is 0 Å². The third-order valence-corrected chi connectivity index (χ3v) is 4.54. The van der Waals surface area contributed by atoms with Gasteiger partial charge in [-0.05, 0) is 25.1 Å². The Morgan fingerprint density at radius 3 is 2.63 bits per heavy atom. The molecule has 27 heavy (non-hydrogen) atoms. The van der Waals surface area contributed by atoms with Crippen molar-refractivity contribution in [3.63, 3.8) is 0 Å². The molecule has 1 aromatic carbocycles. The van der Waals surface area contributed by atoms with Crippen LogP contribution in [0.15, 0.2) is 41.2 Å². The monoisotopic (exact) mass is 370 g/mol. The summed E-state index contributed by atoms with van der Waals surface area (Å²) in [7, 11) is 0. The van der Waals surface area contributed by atoms with Crippen LogP contribution in [0.1, 0.15) is 22.8 Å². The van der Waals surface area contributed by atoms with E-state index in [2.05, 4.69) is 5.32 Å². The number of carbonyl (C=O) groups excluding carboxylic acids is 2. The third kappa shape index (κ3) is 3.92. The number of benzene rings is 1. The van der Waals surface area contributed by atoms with Gasteiger partial charge in [0, 0.05) is 26.2 Å². The van der Waals surface area contributed by atoms with Crippen LogP contribution in [0.3, 0.4) is 0 Å². The molecule has 2 aromatic rings. The van der Waals surface area contributed by atoms with Gasteiger partial charge < -0.3 is 19.5 Å². The Morgan fingerprint density at radius 2 is 2.00 bits per heavy atom. The van der Waals surface area contributed by atoms with Gasteiger partial charge in [-0.15, -0.1) is 0 Å². The van der Waals surface area contributed by atoms with E-state index in [1.54, 1.807) is 24.0 Å². The number of piperazine rings is 1. The van der Waals surface area contributed by atoms with Crippen molar-refractivity contribution >= 4 is 17.5 Å². The Bertz CT molecular complexity index is 868. The minimum Gasteiger partial charge on any atom is -0.472 e. The summed E-state index contributed by atoms with van der Waals surface area (Å²) in [5.41, 5.74) is 0.901. The molecule has 1 saturated heterocycles. The standard InChI is InChI=1S/C19H19FN4O3/c1-13(22-18(25)14-5-10-27-12-14)19(26)24-8-6-23(7-9-24)17-4-2-3-16(20)15(17)11-21/h2-5,10,12-13H,6-9H2,1H3,(H,22,25)/t13-/m1/s1. The van der Waals surface area contributed by atoms with Crippen LogP contribution in [-0.2, 0) is 4.79 Å². The topological polar surface area (TPSA) is 89.6 Å². The molecule has 1 N–H and O–H groups in total. The second-order valence-corrected chi connectivity index (χ2v) is 6.27. The van der Waals surface area contributed by atoms with Gasteiger partial charge in [-0.1, -0.05) is 6.07 Å². The summed E-state index contributed by atoms with van der Waals surface area (Å²) in [5.74, 6) is -1.11. The lowest BCUT2D eigenvalue weighted by Crippen LogP contribution is -2.54. The lowest BCUT2D eigenvalue weighted by Gasteiger charge is -2.37. The molecule has 1 aliphatic rings. The van der Waals surface area contributed by atoms with E-state index < -0.39 is 11.9 Å². The van der Waals surface area contributed by atoms with E-state index >= 15 is 0 Å². The average molecular weight is 370 g/mol. The summed E-state index contributed by atoms with van der Waals surface area (Å²) >= 11 is 0. The Kier molecular flexibility index (Phi) is 5.41. The maximum Gasteiger partial charge on any atom is 0.255 e. The summed E-state index contributed by atoms with van der Waals surface area (Å²) in [6.07, 6.45) is 2.71. The van der Waals surface area contributed by atoms with Crippen LogP contribution < -0.4 is 10.2 Å². The molecule has 2 heterocycles. The van der Waals surface area contributed by atoms with Gasteiger partial charge in [-0.25, -0.2) is 4.39 Å². The molecular formula is C19H19FN4O3. The second kappa shape index (κ2) is 7.91. The lowest BCUT2D eigenvalue weighted by molar-refractivity contribution is -0.133. The highest BCUT2D eigenvalue weighted by Gasteiger charge is 2.27. The maximum atomic E-state index is 13.8. The smallest absolute Gasteiger partial charge is 0.255 e. The fourth-order valence-electron chi connectivity index (χ4n) is 3.06. The molecule has 140 valence electrons. The Balaban J connectivity index is 1.59.